The van der Waals surface area contributed by atoms with E-state index in [2.05, 4.69) is 0 Å². The van der Waals surface area contributed by atoms with Gasteiger partial charge in [0.05, 0.1) is 16.7 Å². The van der Waals surface area contributed by atoms with Crippen LogP contribution in [0, 0.1) is 10.1 Å². The molecule has 0 saturated heterocycles. The number of carboxylic acid groups (broad SMARTS) is 1. The summed E-state index contributed by atoms with van der Waals surface area (Å²) < 4.78 is 29.5. The minimum atomic E-state index is -2.33. The van der Waals surface area contributed by atoms with E-state index in [1.54, 1.807) is 48.5 Å². The summed E-state index contributed by atoms with van der Waals surface area (Å²) in [5, 5.41) is 20.0. The zero-order valence-electron chi connectivity index (χ0n) is 18.0. The lowest BCUT2D eigenvalue weighted by molar-refractivity contribution is -0.384. The Hall–Kier alpha value is -3.76. The van der Waals surface area contributed by atoms with Gasteiger partial charge in [-0.1, -0.05) is 36.4 Å². The molecule has 0 aliphatic heterocycles. The SMILES string of the molecule is O=C(O)COc1cccc2c1CCCC2N(c1ccc(-c2cccc([N+](=O)[O-])c2)cc1)S(=O)O. The molecule has 176 valence electrons. The van der Waals surface area contributed by atoms with Gasteiger partial charge in [-0.05, 0) is 59.7 Å². The predicted octanol–water partition coefficient (Wildman–Crippen LogP) is 4.75. The van der Waals surface area contributed by atoms with Gasteiger partial charge in [-0.2, -0.15) is 0 Å². The Morgan fingerprint density at radius 3 is 2.53 bits per heavy atom. The molecule has 0 amide bonds. The quantitative estimate of drug-likeness (QED) is 0.269. The standard InChI is InChI=1S/C24H22N2O7S/c27-24(28)15-33-23-9-3-6-20-21(23)7-2-8-22(20)25(34(31)32)18-12-10-16(11-13-18)17-4-1-5-19(14-17)26(29)30/h1,3-6,9-14,22H,2,7-8,15H2,(H,27,28)(H,31,32). The molecule has 2 unspecified atom stereocenters. The fourth-order valence-corrected chi connectivity index (χ4v) is 5.03. The summed E-state index contributed by atoms with van der Waals surface area (Å²) in [4.78, 5) is 21.6. The van der Waals surface area contributed by atoms with Crippen molar-refractivity contribution in [3.05, 3.63) is 88.0 Å². The van der Waals surface area contributed by atoms with Gasteiger partial charge < -0.3 is 9.84 Å². The molecule has 0 saturated carbocycles. The molecule has 3 aromatic rings. The van der Waals surface area contributed by atoms with Gasteiger partial charge in [0.2, 0.25) is 0 Å². The number of carboxylic acids is 1. The monoisotopic (exact) mass is 482 g/mol. The lowest BCUT2D eigenvalue weighted by Gasteiger charge is -2.35. The van der Waals surface area contributed by atoms with Crippen LogP contribution in [-0.4, -0.2) is 31.4 Å². The number of nitrogens with zero attached hydrogens (tertiary/aromatic N) is 2. The highest BCUT2D eigenvalue weighted by Crippen LogP contribution is 2.41. The van der Waals surface area contributed by atoms with Crippen LogP contribution in [0.25, 0.3) is 11.1 Å². The number of carbonyl (C=O) groups is 1. The maximum absolute atomic E-state index is 12.4. The van der Waals surface area contributed by atoms with E-state index in [4.69, 9.17) is 9.84 Å². The van der Waals surface area contributed by atoms with Gasteiger partial charge in [0.1, 0.15) is 5.75 Å². The molecule has 34 heavy (non-hydrogen) atoms. The number of hydrogen-bond acceptors (Lipinski definition) is 5. The first-order chi connectivity index (χ1) is 16.3. The van der Waals surface area contributed by atoms with Crippen LogP contribution >= 0.6 is 0 Å². The molecule has 0 radical (unpaired) electrons. The minimum absolute atomic E-state index is 0.0144. The molecular weight excluding hydrogens is 460 g/mol. The molecule has 3 aromatic carbocycles. The van der Waals surface area contributed by atoms with E-state index in [0.717, 1.165) is 23.1 Å². The second kappa shape index (κ2) is 10.0. The fraction of sp³-hybridized carbons (Fsp3) is 0.208. The summed E-state index contributed by atoms with van der Waals surface area (Å²) in [6.45, 7) is -0.462. The van der Waals surface area contributed by atoms with Crippen LogP contribution in [0.1, 0.15) is 30.0 Å². The minimum Gasteiger partial charge on any atom is -0.482 e. The zero-order valence-corrected chi connectivity index (χ0v) is 18.8. The van der Waals surface area contributed by atoms with Crippen LogP contribution in [0.4, 0.5) is 11.4 Å². The van der Waals surface area contributed by atoms with Crippen molar-refractivity contribution in [1.82, 2.24) is 0 Å². The van der Waals surface area contributed by atoms with Crippen molar-refractivity contribution in [3.8, 4) is 16.9 Å². The van der Waals surface area contributed by atoms with Crippen LogP contribution < -0.4 is 9.04 Å². The number of non-ortho nitro benzene ring substituents is 1. The van der Waals surface area contributed by atoms with Gasteiger partial charge in [-0.3, -0.25) is 19.0 Å². The maximum Gasteiger partial charge on any atom is 0.341 e. The number of nitro groups is 1. The summed E-state index contributed by atoms with van der Waals surface area (Å²) in [5.41, 5.74) is 3.57. The van der Waals surface area contributed by atoms with Crippen molar-refractivity contribution in [2.24, 2.45) is 0 Å². The lowest BCUT2D eigenvalue weighted by Crippen LogP contribution is -2.33. The van der Waals surface area contributed by atoms with Crippen LogP contribution in [0.15, 0.2) is 66.7 Å². The molecule has 2 atom stereocenters. The largest absolute Gasteiger partial charge is 0.482 e. The molecular formula is C24H22N2O7S. The number of ether oxygens (including phenoxy) is 1. The molecule has 0 spiro atoms. The Kier molecular flexibility index (Phi) is 6.90. The summed E-state index contributed by atoms with van der Waals surface area (Å²) in [5.74, 6) is -0.610. The third kappa shape index (κ3) is 4.92. The topological polar surface area (TPSA) is 130 Å². The summed E-state index contributed by atoms with van der Waals surface area (Å²) in [7, 11) is 0. The third-order valence-electron chi connectivity index (χ3n) is 5.75. The number of anilines is 1. The van der Waals surface area contributed by atoms with Crippen molar-refractivity contribution in [1.29, 1.82) is 0 Å². The summed E-state index contributed by atoms with van der Waals surface area (Å²) >= 11 is -2.33. The van der Waals surface area contributed by atoms with Gasteiger partial charge in [-0.15, -0.1) is 0 Å². The van der Waals surface area contributed by atoms with Crippen molar-refractivity contribution in [2.75, 3.05) is 10.9 Å². The Labute approximate surface area is 198 Å². The number of nitro benzene ring substituents is 1. The second-order valence-corrected chi connectivity index (χ2v) is 8.68. The molecule has 2 N–H and O–H groups in total. The van der Waals surface area contributed by atoms with Crippen molar-refractivity contribution in [3.63, 3.8) is 0 Å². The number of benzene rings is 3. The maximum atomic E-state index is 12.4. The lowest BCUT2D eigenvalue weighted by atomic mass is 9.87. The normalized spacial score (nSPS) is 15.7. The third-order valence-corrected chi connectivity index (χ3v) is 6.55. The first-order valence-electron chi connectivity index (χ1n) is 10.6. The smallest absolute Gasteiger partial charge is 0.341 e. The van der Waals surface area contributed by atoms with E-state index >= 15 is 0 Å². The van der Waals surface area contributed by atoms with Gasteiger partial charge in [0.25, 0.3) is 17.0 Å². The second-order valence-electron chi connectivity index (χ2n) is 7.83. The number of aliphatic carboxylic acids is 1. The number of hydrogen-bond donors (Lipinski definition) is 2. The Morgan fingerprint density at radius 2 is 1.85 bits per heavy atom. The van der Waals surface area contributed by atoms with Crippen LogP contribution in [0.5, 0.6) is 5.75 Å². The Balaban J connectivity index is 1.66. The molecule has 1 aliphatic carbocycles. The fourth-order valence-electron chi connectivity index (χ4n) is 4.29. The van der Waals surface area contributed by atoms with E-state index in [1.807, 2.05) is 6.07 Å². The van der Waals surface area contributed by atoms with Crippen LogP contribution in [-0.2, 0) is 22.5 Å². The Bertz CT molecular complexity index is 1250. The average molecular weight is 483 g/mol. The summed E-state index contributed by atoms with van der Waals surface area (Å²) in [6.07, 6.45) is 2.05. The molecule has 10 heteroatoms. The molecule has 0 bridgehead atoms. The van der Waals surface area contributed by atoms with Gasteiger partial charge in [0.15, 0.2) is 6.61 Å². The zero-order chi connectivity index (χ0) is 24.2. The average Bonchev–Trinajstić information content (AvgIpc) is 2.83. The van der Waals surface area contributed by atoms with Crippen molar-refractivity contribution >= 4 is 28.6 Å². The first-order valence-corrected chi connectivity index (χ1v) is 11.6. The number of rotatable bonds is 8. The van der Waals surface area contributed by atoms with Gasteiger partial charge in [0, 0.05) is 12.1 Å². The van der Waals surface area contributed by atoms with Crippen LogP contribution in [0.2, 0.25) is 0 Å². The van der Waals surface area contributed by atoms with Crippen LogP contribution in [0.3, 0.4) is 0 Å². The number of fused-ring (bicyclic) bond motifs is 1. The Morgan fingerprint density at radius 1 is 1.12 bits per heavy atom. The molecule has 9 nitrogen and oxygen atoms in total. The van der Waals surface area contributed by atoms with E-state index < -0.39 is 34.8 Å². The molecule has 4 rings (SSSR count). The van der Waals surface area contributed by atoms with Crippen molar-refractivity contribution < 1.29 is 28.3 Å². The summed E-state index contributed by atoms with van der Waals surface area (Å²) in [6, 6.07) is 18.1. The predicted molar refractivity (Wildman–Crippen MR) is 127 cm³/mol. The van der Waals surface area contributed by atoms with E-state index in [9.17, 15) is 23.7 Å². The molecule has 0 heterocycles. The first kappa shape index (κ1) is 23.4. The highest BCUT2D eigenvalue weighted by atomic mass is 32.2. The van der Waals surface area contributed by atoms with E-state index in [1.165, 1.54) is 16.4 Å². The molecule has 1 aliphatic rings. The van der Waals surface area contributed by atoms with E-state index in [0.29, 0.717) is 29.8 Å². The van der Waals surface area contributed by atoms with Gasteiger partial charge >= 0.3 is 5.97 Å². The molecule has 0 aromatic heterocycles. The van der Waals surface area contributed by atoms with Gasteiger partial charge in [-0.25, -0.2) is 9.00 Å². The van der Waals surface area contributed by atoms with Crippen molar-refractivity contribution in [2.45, 2.75) is 25.3 Å². The highest BCUT2D eigenvalue weighted by molar-refractivity contribution is 7.80. The van der Waals surface area contributed by atoms with E-state index in [-0.39, 0.29) is 5.69 Å². The molecule has 0 fully saturated rings. The highest BCUT2D eigenvalue weighted by Gasteiger charge is 2.31.